The van der Waals surface area contributed by atoms with Gasteiger partial charge >= 0.3 is 0 Å². The number of rotatable bonds is 5. The van der Waals surface area contributed by atoms with E-state index in [0.717, 1.165) is 10.9 Å². The fourth-order valence-electron chi connectivity index (χ4n) is 1.36. The first kappa shape index (κ1) is 12.6. The van der Waals surface area contributed by atoms with E-state index in [0.29, 0.717) is 18.6 Å². The normalized spacial score (nSPS) is 12.8. The Morgan fingerprint density at radius 2 is 2.27 bits per heavy atom. The number of hydrogen-bond acceptors (Lipinski definition) is 2. The van der Waals surface area contributed by atoms with Gasteiger partial charge in [0.15, 0.2) is 0 Å². The molecule has 0 bridgehead atoms. The molecular weight excluding hydrogens is 261 g/mol. The summed E-state index contributed by atoms with van der Waals surface area (Å²) < 4.78 is 19.1. The summed E-state index contributed by atoms with van der Waals surface area (Å²) in [5.41, 5.74) is 6.45. The summed E-state index contributed by atoms with van der Waals surface area (Å²) in [4.78, 5) is 0. The van der Waals surface area contributed by atoms with Crippen LogP contribution in [0.2, 0.25) is 0 Å². The molecule has 1 unspecified atom stereocenters. The molecule has 0 aromatic heterocycles. The molecule has 84 valence electrons. The summed E-state index contributed by atoms with van der Waals surface area (Å²) in [5.74, 6) is -0.186. The van der Waals surface area contributed by atoms with Crippen LogP contribution >= 0.6 is 15.9 Å². The molecule has 1 atom stereocenters. The second-order valence-corrected chi connectivity index (χ2v) is 4.41. The third-order valence-corrected chi connectivity index (χ3v) is 2.67. The number of aryl methyl sites for hydroxylation is 1. The van der Waals surface area contributed by atoms with E-state index in [1.807, 2.05) is 6.07 Å². The lowest BCUT2D eigenvalue weighted by molar-refractivity contribution is 0.177. The van der Waals surface area contributed by atoms with Crippen molar-refractivity contribution in [2.24, 2.45) is 5.73 Å². The van der Waals surface area contributed by atoms with Gasteiger partial charge in [0, 0.05) is 17.6 Å². The minimum absolute atomic E-state index is 0.0296. The van der Waals surface area contributed by atoms with Crippen LogP contribution in [0.15, 0.2) is 22.7 Å². The molecule has 0 saturated heterocycles. The maximum absolute atomic E-state index is 13.4. The highest BCUT2D eigenvalue weighted by Gasteiger charge is 2.06. The summed E-state index contributed by atoms with van der Waals surface area (Å²) >= 11 is 3.22. The smallest absolute Gasteiger partial charge is 0.127 e. The standard InChI is InChI=1S/C11H15BrFNO/c1-15-7-10(14)5-3-8-2-4-9(12)6-11(8)13/h2,4,6,10H,3,5,7,14H2,1H3. The summed E-state index contributed by atoms with van der Waals surface area (Å²) in [7, 11) is 1.61. The van der Waals surface area contributed by atoms with E-state index >= 15 is 0 Å². The molecule has 0 spiro atoms. The predicted octanol–water partition coefficient (Wildman–Crippen LogP) is 2.49. The van der Waals surface area contributed by atoms with Gasteiger partial charge in [-0.1, -0.05) is 22.0 Å². The van der Waals surface area contributed by atoms with Gasteiger partial charge in [-0.2, -0.15) is 0 Å². The van der Waals surface area contributed by atoms with Crippen molar-refractivity contribution in [1.82, 2.24) is 0 Å². The van der Waals surface area contributed by atoms with Gasteiger partial charge in [-0.3, -0.25) is 0 Å². The Kier molecular flexibility index (Phi) is 5.22. The van der Waals surface area contributed by atoms with Crippen molar-refractivity contribution in [2.45, 2.75) is 18.9 Å². The van der Waals surface area contributed by atoms with Crippen LogP contribution < -0.4 is 5.73 Å². The van der Waals surface area contributed by atoms with E-state index in [1.54, 1.807) is 13.2 Å². The van der Waals surface area contributed by atoms with Crippen LogP contribution in [0.1, 0.15) is 12.0 Å². The summed E-state index contributed by atoms with van der Waals surface area (Å²) in [6, 6.07) is 5.05. The van der Waals surface area contributed by atoms with Gasteiger partial charge in [-0.25, -0.2) is 4.39 Å². The van der Waals surface area contributed by atoms with Crippen molar-refractivity contribution in [3.8, 4) is 0 Å². The van der Waals surface area contributed by atoms with E-state index in [2.05, 4.69) is 15.9 Å². The summed E-state index contributed by atoms with van der Waals surface area (Å²) in [6.45, 7) is 0.512. The van der Waals surface area contributed by atoms with Crippen LogP contribution in [0, 0.1) is 5.82 Å². The van der Waals surface area contributed by atoms with Gasteiger partial charge in [0.25, 0.3) is 0 Å². The SMILES string of the molecule is COCC(N)CCc1ccc(Br)cc1F. The zero-order valence-electron chi connectivity index (χ0n) is 8.67. The molecule has 0 amide bonds. The summed E-state index contributed by atoms with van der Waals surface area (Å²) in [6.07, 6.45) is 1.37. The van der Waals surface area contributed by atoms with Crippen molar-refractivity contribution in [2.75, 3.05) is 13.7 Å². The quantitative estimate of drug-likeness (QED) is 0.896. The molecule has 1 rings (SSSR count). The van der Waals surface area contributed by atoms with Crippen LogP contribution in [-0.4, -0.2) is 19.8 Å². The minimum Gasteiger partial charge on any atom is -0.383 e. The number of halogens is 2. The maximum Gasteiger partial charge on any atom is 0.127 e. The number of ether oxygens (including phenoxy) is 1. The fourth-order valence-corrected chi connectivity index (χ4v) is 1.70. The average Bonchev–Trinajstić information content (AvgIpc) is 2.17. The van der Waals surface area contributed by atoms with Crippen molar-refractivity contribution >= 4 is 15.9 Å². The molecule has 0 aliphatic rings. The zero-order chi connectivity index (χ0) is 11.3. The van der Waals surface area contributed by atoms with Crippen LogP contribution in [0.4, 0.5) is 4.39 Å². The lowest BCUT2D eigenvalue weighted by Crippen LogP contribution is -2.26. The molecule has 1 aromatic rings. The first-order valence-corrected chi connectivity index (χ1v) is 5.61. The van der Waals surface area contributed by atoms with Crippen LogP contribution in [0.3, 0.4) is 0 Å². The second kappa shape index (κ2) is 6.20. The van der Waals surface area contributed by atoms with Gasteiger partial charge in [0.05, 0.1) is 6.61 Å². The van der Waals surface area contributed by atoms with Crippen LogP contribution in [0.25, 0.3) is 0 Å². The van der Waals surface area contributed by atoms with E-state index in [-0.39, 0.29) is 11.9 Å². The molecule has 1 aromatic carbocycles. The predicted molar refractivity (Wildman–Crippen MR) is 62.3 cm³/mol. The Hall–Kier alpha value is -0.450. The third kappa shape index (κ3) is 4.28. The highest BCUT2D eigenvalue weighted by atomic mass is 79.9. The van der Waals surface area contributed by atoms with Gasteiger partial charge in [-0.15, -0.1) is 0 Å². The van der Waals surface area contributed by atoms with Gasteiger partial charge in [0.2, 0.25) is 0 Å². The van der Waals surface area contributed by atoms with Gasteiger partial charge < -0.3 is 10.5 Å². The molecule has 0 aliphatic carbocycles. The molecule has 4 heteroatoms. The maximum atomic E-state index is 13.4. The fraction of sp³-hybridized carbons (Fsp3) is 0.455. The molecule has 0 saturated carbocycles. The van der Waals surface area contributed by atoms with Crippen molar-refractivity contribution < 1.29 is 9.13 Å². The molecule has 0 heterocycles. The number of hydrogen-bond donors (Lipinski definition) is 1. The number of nitrogens with two attached hydrogens (primary N) is 1. The Morgan fingerprint density at radius 1 is 1.53 bits per heavy atom. The van der Waals surface area contributed by atoms with Gasteiger partial charge in [0.1, 0.15) is 5.82 Å². The molecule has 2 N–H and O–H groups in total. The summed E-state index contributed by atoms with van der Waals surface area (Å²) in [5, 5.41) is 0. The average molecular weight is 276 g/mol. The monoisotopic (exact) mass is 275 g/mol. The lowest BCUT2D eigenvalue weighted by Gasteiger charge is -2.10. The lowest BCUT2D eigenvalue weighted by atomic mass is 10.1. The first-order chi connectivity index (χ1) is 7.13. The molecule has 2 nitrogen and oxygen atoms in total. The Labute approximate surface area is 97.7 Å². The number of benzene rings is 1. The highest BCUT2D eigenvalue weighted by molar-refractivity contribution is 9.10. The van der Waals surface area contributed by atoms with Crippen molar-refractivity contribution in [3.05, 3.63) is 34.1 Å². The largest absolute Gasteiger partial charge is 0.383 e. The third-order valence-electron chi connectivity index (χ3n) is 2.18. The number of methoxy groups -OCH3 is 1. The second-order valence-electron chi connectivity index (χ2n) is 3.49. The van der Waals surface area contributed by atoms with E-state index in [9.17, 15) is 4.39 Å². The van der Waals surface area contributed by atoms with Crippen LogP contribution in [-0.2, 0) is 11.2 Å². The van der Waals surface area contributed by atoms with E-state index < -0.39 is 0 Å². The van der Waals surface area contributed by atoms with E-state index in [1.165, 1.54) is 6.07 Å². The minimum atomic E-state index is -0.186. The molecule has 0 fully saturated rings. The van der Waals surface area contributed by atoms with Crippen molar-refractivity contribution in [1.29, 1.82) is 0 Å². The van der Waals surface area contributed by atoms with Crippen molar-refractivity contribution in [3.63, 3.8) is 0 Å². The highest BCUT2D eigenvalue weighted by Crippen LogP contribution is 2.16. The first-order valence-electron chi connectivity index (χ1n) is 4.82. The Balaban J connectivity index is 2.50. The molecule has 15 heavy (non-hydrogen) atoms. The van der Waals surface area contributed by atoms with Crippen LogP contribution in [0.5, 0.6) is 0 Å². The molecule has 0 radical (unpaired) electrons. The van der Waals surface area contributed by atoms with Gasteiger partial charge in [-0.05, 0) is 30.5 Å². The zero-order valence-corrected chi connectivity index (χ0v) is 10.3. The Bertz CT molecular complexity index is 319. The molecule has 0 aliphatic heterocycles. The Morgan fingerprint density at radius 3 is 2.87 bits per heavy atom. The topological polar surface area (TPSA) is 35.2 Å². The molecular formula is C11H15BrFNO. The van der Waals surface area contributed by atoms with E-state index in [4.69, 9.17) is 10.5 Å².